The molecule has 3 heterocycles. The number of halogens is 3. The van der Waals surface area contributed by atoms with Crippen LogP contribution in [0.5, 0.6) is 0 Å². The number of nitrogens with two attached hydrogens (primary N) is 1. The second-order valence-corrected chi connectivity index (χ2v) is 7.03. The van der Waals surface area contributed by atoms with Crippen molar-refractivity contribution in [2.45, 2.75) is 24.8 Å². The lowest BCUT2D eigenvalue weighted by molar-refractivity contribution is -0.131. The molecule has 1 amide bonds. The van der Waals surface area contributed by atoms with Gasteiger partial charge in [0, 0.05) is 26.3 Å². The predicted octanol–water partition coefficient (Wildman–Crippen LogP) is 2.26. The van der Waals surface area contributed by atoms with Crippen molar-refractivity contribution in [2.75, 3.05) is 25.6 Å². The number of amidine groups is 1. The fraction of sp³-hybridized carbons (Fsp3) is 0.350. The normalized spacial score (nSPS) is 19.4. The number of carbonyl (C=O) groups is 1. The van der Waals surface area contributed by atoms with Crippen LogP contribution in [0, 0.1) is 24.1 Å². The number of nitrogens with zero attached hydrogens (tertiary/aromatic N) is 4. The molecule has 0 saturated heterocycles. The molecule has 2 aromatic heterocycles. The highest BCUT2D eigenvalue weighted by molar-refractivity contribution is 6.03. The van der Waals surface area contributed by atoms with Crippen LogP contribution < -0.4 is 11.1 Å². The van der Waals surface area contributed by atoms with Gasteiger partial charge in [-0.25, -0.2) is 19.4 Å². The van der Waals surface area contributed by atoms with Gasteiger partial charge in [-0.3, -0.25) is 4.79 Å². The highest BCUT2D eigenvalue weighted by atomic mass is 19.3. The number of ether oxygens (including phenoxy) is 2. The van der Waals surface area contributed by atoms with E-state index in [0.717, 1.165) is 12.1 Å². The minimum atomic E-state index is -3.67. The second kappa shape index (κ2) is 8.80. The summed E-state index contributed by atoms with van der Waals surface area (Å²) in [6.07, 6.45) is 0.767. The first kappa shape index (κ1) is 23.0. The number of nitriles is 1. The van der Waals surface area contributed by atoms with E-state index in [0.29, 0.717) is 5.56 Å². The number of hydrogen-bond donors (Lipinski definition) is 2. The van der Waals surface area contributed by atoms with Crippen LogP contribution >= 0.6 is 0 Å². The van der Waals surface area contributed by atoms with Crippen LogP contribution in [-0.4, -0.2) is 48.1 Å². The molecule has 0 aliphatic carbocycles. The minimum Gasteiger partial charge on any atom is -0.459 e. The van der Waals surface area contributed by atoms with E-state index in [1.54, 1.807) is 6.92 Å². The largest absolute Gasteiger partial charge is 0.459 e. The average Bonchev–Trinajstić information content (AvgIpc) is 2.75. The molecule has 3 rings (SSSR count). The topological polar surface area (TPSA) is 136 Å². The third-order valence-corrected chi connectivity index (χ3v) is 4.88. The maximum absolute atomic E-state index is 15.0. The molecule has 0 fully saturated rings. The van der Waals surface area contributed by atoms with E-state index in [4.69, 9.17) is 15.7 Å². The van der Waals surface area contributed by atoms with E-state index >= 15 is 0 Å². The standard InChI is InChI=1S/C20H19F3N6O3/c1-11-7-12(8-24)9-26-15(11)17(30)28-14-4-3-13(21)16(27-14)19(5-6-31-2)20(22,23)10-32-18(25)29-19/h3-4,7,9H,5-6,10H2,1-2H3,(H2,25,29)(H,27,28,30)/t19-/m1/s1. The summed E-state index contributed by atoms with van der Waals surface area (Å²) in [5.74, 6) is -5.66. The Hall–Kier alpha value is -3.72. The Morgan fingerprint density at radius 3 is 2.84 bits per heavy atom. The second-order valence-electron chi connectivity index (χ2n) is 7.03. The summed E-state index contributed by atoms with van der Waals surface area (Å²) in [6.45, 7) is 0.253. The van der Waals surface area contributed by atoms with Crippen LogP contribution in [0.15, 0.2) is 29.4 Å². The fourth-order valence-corrected chi connectivity index (χ4v) is 3.27. The number of amides is 1. The number of methoxy groups -OCH3 is 1. The van der Waals surface area contributed by atoms with Gasteiger partial charge in [0.2, 0.25) is 0 Å². The molecule has 32 heavy (non-hydrogen) atoms. The van der Waals surface area contributed by atoms with Crippen LogP contribution in [0.25, 0.3) is 0 Å². The van der Waals surface area contributed by atoms with Gasteiger partial charge in [-0.1, -0.05) is 0 Å². The summed E-state index contributed by atoms with van der Waals surface area (Å²) in [7, 11) is 1.30. The van der Waals surface area contributed by atoms with Crippen molar-refractivity contribution < 1.29 is 27.4 Å². The molecule has 1 atom stereocenters. The molecule has 0 saturated carbocycles. The van der Waals surface area contributed by atoms with Crippen LogP contribution in [0.2, 0.25) is 0 Å². The van der Waals surface area contributed by atoms with E-state index in [9.17, 15) is 18.0 Å². The van der Waals surface area contributed by atoms with E-state index in [1.807, 2.05) is 6.07 Å². The van der Waals surface area contributed by atoms with Gasteiger partial charge in [0.15, 0.2) is 12.1 Å². The van der Waals surface area contributed by atoms with Crippen LogP contribution in [-0.2, 0) is 15.0 Å². The Bertz CT molecular complexity index is 1120. The summed E-state index contributed by atoms with van der Waals surface area (Å²) >= 11 is 0. The van der Waals surface area contributed by atoms with Gasteiger partial charge in [0.05, 0.1) is 5.56 Å². The summed E-state index contributed by atoms with van der Waals surface area (Å²) in [5, 5.41) is 11.3. The Labute approximate surface area is 181 Å². The van der Waals surface area contributed by atoms with Gasteiger partial charge in [-0.05, 0) is 30.7 Å². The number of rotatable bonds is 6. The number of hydrogen-bond acceptors (Lipinski definition) is 8. The maximum atomic E-state index is 15.0. The van der Waals surface area contributed by atoms with Gasteiger partial charge in [0.25, 0.3) is 11.9 Å². The quantitative estimate of drug-likeness (QED) is 0.692. The predicted molar refractivity (Wildman–Crippen MR) is 107 cm³/mol. The van der Waals surface area contributed by atoms with Crippen LogP contribution in [0.4, 0.5) is 19.0 Å². The highest BCUT2D eigenvalue weighted by Crippen LogP contribution is 2.46. The Kier molecular flexibility index (Phi) is 6.31. The maximum Gasteiger partial charge on any atom is 0.312 e. The van der Waals surface area contributed by atoms with Crippen molar-refractivity contribution in [1.82, 2.24) is 9.97 Å². The first-order valence-corrected chi connectivity index (χ1v) is 9.33. The molecule has 168 valence electrons. The van der Waals surface area contributed by atoms with E-state index < -0.39 is 47.9 Å². The fourth-order valence-electron chi connectivity index (χ4n) is 3.27. The summed E-state index contributed by atoms with van der Waals surface area (Å²) in [4.78, 5) is 24.2. The number of alkyl halides is 2. The average molecular weight is 448 g/mol. The molecule has 1 aliphatic rings. The SMILES string of the molecule is COCC[C@]1(c2nc(NC(=O)c3ncc(C#N)cc3C)ccc2F)N=C(N)OCC1(F)F. The molecule has 1 aliphatic heterocycles. The zero-order valence-electron chi connectivity index (χ0n) is 17.2. The third-order valence-electron chi connectivity index (χ3n) is 4.88. The van der Waals surface area contributed by atoms with Crippen molar-refractivity contribution in [1.29, 1.82) is 5.26 Å². The molecule has 9 nitrogen and oxygen atoms in total. The number of aryl methyl sites for hydroxylation is 1. The van der Waals surface area contributed by atoms with Crippen molar-refractivity contribution in [3.63, 3.8) is 0 Å². The Morgan fingerprint density at radius 1 is 1.44 bits per heavy atom. The number of nitrogens with one attached hydrogen (secondary N) is 1. The third kappa shape index (κ3) is 4.19. The number of aliphatic imine (C=N–C) groups is 1. The van der Waals surface area contributed by atoms with E-state index in [-0.39, 0.29) is 23.7 Å². The van der Waals surface area contributed by atoms with Crippen LogP contribution in [0.1, 0.15) is 33.7 Å². The van der Waals surface area contributed by atoms with Gasteiger partial charge in [-0.15, -0.1) is 0 Å². The Morgan fingerprint density at radius 2 is 2.19 bits per heavy atom. The zero-order valence-corrected chi connectivity index (χ0v) is 17.2. The lowest BCUT2D eigenvalue weighted by Gasteiger charge is -2.39. The highest BCUT2D eigenvalue weighted by Gasteiger charge is 2.60. The van der Waals surface area contributed by atoms with Gasteiger partial charge in [-0.2, -0.15) is 14.0 Å². The summed E-state index contributed by atoms with van der Waals surface area (Å²) in [6, 6.07) is 4.83. The lowest BCUT2D eigenvalue weighted by Crippen LogP contribution is -2.54. The number of aromatic nitrogens is 2. The first-order chi connectivity index (χ1) is 15.1. The lowest BCUT2D eigenvalue weighted by atomic mass is 9.83. The molecule has 3 N–H and O–H groups in total. The molecular weight excluding hydrogens is 429 g/mol. The number of anilines is 1. The smallest absolute Gasteiger partial charge is 0.312 e. The molecule has 0 aromatic carbocycles. The zero-order chi connectivity index (χ0) is 23.5. The molecular formula is C20H19F3N6O3. The molecule has 12 heteroatoms. The molecule has 0 radical (unpaired) electrons. The van der Waals surface area contributed by atoms with Gasteiger partial charge in [0.1, 0.15) is 29.1 Å². The van der Waals surface area contributed by atoms with Crippen LogP contribution in [0.3, 0.4) is 0 Å². The molecule has 0 unspecified atom stereocenters. The van der Waals surface area contributed by atoms with E-state index in [1.165, 1.54) is 19.4 Å². The molecule has 0 spiro atoms. The summed E-state index contributed by atoms with van der Waals surface area (Å²) < 4.78 is 54.3. The van der Waals surface area contributed by atoms with Crippen molar-refractivity contribution in [2.24, 2.45) is 10.7 Å². The Balaban J connectivity index is 2.03. The van der Waals surface area contributed by atoms with Crippen molar-refractivity contribution in [3.05, 3.63) is 52.7 Å². The first-order valence-electron chi connectivity index (χ1n) is 9.33. The monoisotopic (exact) mass is 448 g/mol. The van der Waals surface area contributed by atoms with Crippen molar-refractivity contribution >= 4 is 17.7 Å². The summed E-state index contributed by atoms with van der Waals surface area (Å²) in [5.41, 5.74) is 2.98. The number of carbonyl (C=O) groups excluding carboxylic acids is 1. The number of pyridine rings is 2. The molecule has 0 bridgehead atoms. The van der Waals surface area contributed by atoms with Gasteiger partial charge < -0.3 is 20.5 Å². The minimum absolute atomic E-state index is 0.00978. The van der Waals surface area contributed by atoms with Gasteiger partial charge >= 0.3 is 5.92 Å². The van der Waals surface area contributed by atoms with E-state index in [2.05, 4.69) is 25.0 Å². The van der Waals surface area contributed by atoms with Crippen molar-refractivity contribution in [3.8, 4) is 6.07 Å². The molecule has 2 aromatic rings.